The molecule has 0 unspecified atom stereocenters. The molecule has 1 aromatic heterocycles. The van der Waals surface area contributed by atoms with Crippen molar-refractivity contribution in [3.8, 4) is 5.75 Å². The number of nitrogens with zero attached hydrogens (tertiary/aromatic N) is 2. The van der Waals surface area contributed by atoms with Crippen LogP contribution in [0.2, 0.25) is 0 Å². The highest BCUT2D eigenvalue weighted by atomic mass is 32.1. The number of fused-ring (bicyclic) bond motifs is 1. The fourth-order valence-electron chi connectivity index (χ4n) is 2.97. The summed E-state index contributed by atoms with van der Waals surface area (Å²) in [5.41, 5.74) is 2.57. The molecule has 0 bridgehead atoms. The maximum atomic E-state index is 13.3. The predicted molar refractivity (Wildman–Crippen MR) is 111 cm³/mol. The Balaban J connectivity index is 1.96. The number of methoxy groups -OCH3 is 1. The molecule has 0 aliphatic heterocycles. The lowest BCUT2D eigenvalue weighted by Crippen LogP contribution is -3.05. The molecular weight excluding hydrogens is 358 g/mol. The van der Waals surface area contributed by atoms with Gasteiger partial charge in [0.1, 0.15) is 5.75 Å². The fraction of sp³-hybridized carbons (Fsp3) is 0.333. The van der Waals surface area contributed by atoms with Gasteiger partial charge in [-0.1, -0.05) is 29.5 Å². The third-order valence-electron chi connectivity index (χ3n) is 4.49. The average molecular weight is 385 g/mol. The van der Waals surface area contributed by atoms with Crippen molar-refractivity contribution in [3.63, 3.8) is 0 Å². The molecule has 1 heterocycles. The molecule has 0 saturated carbocycles. The molecule has 0 spiro atoms. The van der Waals surface area contributed by atoms with Gasteiger partial charge in [-0.25, -0.2) is 4.98 Å². The molecular formula is C21H26N3O2S+. The van der Waals surface area contributed by atoms with E-state index in [2.05, 4.69) is 14.1 Å². The summed E-state index contributed by atoms with van der Waals surface area (Å²) in [5.74, 6) is 0.778. The number of benzene rings is 2. The van der Waals surface area contributed by atoms with Gasteiger partial charge in [0.25, 0.3) is 5.91 Å². The molecule has 1 N–H and O–H groups in total. The molecule has 0 aliphatic carbocycles. The Morgan fingerprint density at radius 3 is 2.70 bits per heavy atom. The number of anilines is 1. The van der Waals surface area contributed by atoms with Crippen LogP contribution in [-0.4, -0.2) is 45.2 Å². The molecule has 6 heteroatoms. The number of carbonyl (C=O) groups is 1. The van der Waals surface area contributed by atoms with Crippen LogP contribution in [0.25, 0.3) is 10.2 Å². The van der Waals surface area contributed by atoms with Gasteiger partial charge in [0, 0.05) is 24.6 Å². The summed E-state index contributed by atoms with van der Waals surface area (Å²) in [7, 11) is 5.89. The van der Waals surface area contributed by atoms with Crippen molar-refractivity contribution in [2.45, 2.75) is 13.3 Å². The van der Waals surface area contributed by atoms with E-state index in [9.17, 15) is 4.79 Å². The van der Waals surface area contributed by atoms with E-state index in [1.54, 1.807) is 18.4 Å². The number of hydrogen-bond acceptors (Lipinski definition) is 4. The minimum atomic E-state index is 0.00729. The van der Waals surface area contributed by atoms with Crippen LogP contribution in [0.5, 0.6) is 5.75 Å². The van der Waals surface area contributed by atoms with Gasteiger partial charge in [0.05, 0.1) is 38.0 Å². The van der Waals surface area contributed by atoms with Crippen molar-refractivity contribution in [1.29, 1.82) is 0 Å². The SMILES string of the molecule is COc1ccc2sc(N(CCC[NH+](C)C)C(=O)c3ccccc3C)nc2c1. The highest BCUT2D eigenvalue weighted by Crippen LogP contribution is 2.32. The van der Waals surface area contributed by atoms with Gasteiger partial charge in [0.2, 0.25) is 0 Å². The number of ether oxygens (including phenoxy) is 1. The zero-order valence-corrected chi connectivity index (χ0v) is 17.1. The standard InChI is InChI=1S/C21H25N3O2S/c1-15-8-5-6-9-17(15)20(25)24(13-7-12-23(2)3)21-22-18-14-16(26-4)10-11-19(18)27-21/h5-6,8-11,14H,7,12-13H2,1-4H3/p+1. The summed E-state index contributed by atoms with van der Waals surface area (Å²) >= 11 is 1.54. The van der Waals surface area contributed by atoms with Crippen molar-refractivity contribution in [1.82, 2.24) is 4.98 Å². The van der Waals surface area contributed by atoms with Gasteiger partial charge in [-0.15, -0.1) is 0 Å². The molecule has 0 atom stereocenters. The van der Waals surface area contributed by atoms with Gasteiger partial charge < -0.3 is 9.64 Å². The number of rotatable bonds is 7. The number of thiazole rings is 1. The molecule has 3 aromatic rings. The van der Waals surface area contributed by atoms with Crippen molar-refractivity contribution in [3.05, 3.63) is 53.6 Å². The molecule has 5 nitrogen and oxygen atoms in total. The van der Waals surface area contributed by atoms with Crippen molar-refractivity contribution < 1.29 is 14.4 Å². The summed E-state index contributed by atoms with van der Waals surface area (Å²) in [6.45, 7) is 3.62. The first kappa shape index (κ1) is 19.3. The number of hydrogen-bond donors (Lipinski definition) is 1. The van der Waals surface area contributed by atoms with E-state index >= 15 is 0 Å². The molecule has 0 fully saturated rings. The molecule has 2 aromatic carbocycles. The molecule has 0 radical (unpaired) electrons. The van der Waals surface area contributed by atoms with Crippen LogP contribution in [-0.2, 0) is 0 Å². The third-order valence-corrected chi connectivity index (χ3v) is 5.55. The summed E-state index contributed by atoms with van der Waals surface area (Å²) in [6, 6.07) is 13.6. The average Bonchev–Trinajstić information content (AvgIpc) is 3.07. The van der Waals surface area contributed by atoms with Crippen molar-refractivity contribution in [2.75, 3.05) is 39.2 Å². The second-order valence-electron chi connectivity index (χ2n) is 6.91. The molecule has 27 heavy (non-hydrogen) atoms. The Kier molecular flexibility index (Phi) is 6.08. The molecule has 0 aliphatic rings. The van der Waals surface area contributed by atoms with Crippen LogP contribution in [0.1, 0.15) is 22.3 Å². The largest absolute Gasteiger partial charge is 0.497 e. The molecule has 3 rings (SSSR count). The number of aromatic nitrogens is 1. The van der Waals surface area contributed by atoms with Gasteiger partial charge in [-0.3, -0.25) is 9.69 Å². The zero-order valence-electron chi connectivity index (χ0n) is 16.3. The van der Waals surface area contributed by atoms with Crippen LogP contribution in [0.4, 0.5) is 5.13 Å². The van der Waals surface area contributed by atoms with E-state index in [0.29, 0.717) is 6.54 Å². The highest BCUT2D eigenvalue weighted by Gasteiger charge is 2.22. The number of nitrogens with one attached hydrogen (secondary N) is 1. The monoisotopic (exact) mass is 384 g/mol. The summed E-state index contributed by atoms with van der Waals surface area (Å²) in [4.78, 5) is 21.2. The lowest BCUT2D eigenvalue weighted by molar-refractivity contribution is -0.858. The Hall–Kier alpha value is -2.44. The fourth-order valence-corrected chi connectivity index (χ4v) is 3.94. The molecule has 1 amide bonds. The van der Waals surface area contributed by atoms with Gasteiger partial charge in [-0.2, -0.15) is 0 Å². The molecule has 0 saturated heterocycles. The second-order valence-corrected chi connectivity index (χ2v) is 7.92. The van der Waals surface area contributed by atoms with Gasteiger partial charge in [-0.05, 0) is 30.7 Å². The first-order valence-electron chi connectivity index (χ1n) is 9.10. The van der Waals surface area contributed by atoms with Crippen LogP contribution >= 0.6 is 11.3 Å². The Labute approximate surface area is 164 Å². The minimum Gasteiger partial charge on any atom is -0.497 e. The normalized spacial score (nSPS) is 11.1. The molecule has 142 valence electrons. The number of carbonyl (C=O) groups excluding carboxylic acids is 1. The van der Waals surface area contributed by atoms with E-state index in [-0.39, 0.29) is 5.91 Å². The first-order valence-corrected chi connectivity index (χ1v) is 9.92. The Morgan fingerprint density at radius 2 is 2.00 bits per heavy atom. The minimum absolute atomic E-state index is 0.00729. The third kappa shape index (κ3) is 4.46. The first-order chi connectivity index (χ1) is 13.0. The van der Waals surface area contributed by atoms with Crippen molar-refractivity contribution >= 4 is 32.6 Å². The van der Waals surface area contributed by atoms with E-state index in [1.807, 2.05) is 54.3 Å². The summed E-state index contributed by atoms with van der Waals surface area (Å²) < 4.78 is 6.34. The van der Waals surface area contributed by atoms with E-state index in [4.69, 9.17) is 9.72 Å². The highest BCUT2D eigenvalue weighted by molar-refractivity contribution is 7.22. The van der Waals surface area contributed by atoms with Crippen LogP contribution in [0, 0.1) is 6.92 Å². The van der Waals surface area contributed by atoms with Gasteiger partial charge >= 0.3 is 0 Å². The second kappa shape index (κ2) is 8.50. The van der Waals surface area contributed by atoms with Crippen LogP contribution in [0.3, 0.4) is 0 Å². The number of amides is 1. The van der Waals surface area contributed by atoms with E-state index in [0.717, 1.165) is 45.2 Å². The van der Waals surface area contributed by atoms with Gasteiger partial charge in [0.15, 0.2) is 5.13 Å². The lowest BCUT2D eigenvalue weighted by Gasteiger charge is -2.21. The Bertz CT molecular complexity index is 936. The predicted octanol–water partition coefficient (Wildman–Crippen LogP) is 2.79. The number of quaternary nitrogens is 1. The van der Waals surface area contributed by atoms with Crippen molar-refractivity contribution in [2.24, 2.45) is 0 Å². The lowest BCUT2D eigenvalue weighted by atomic mass is 10.1. The van der Waals surface area contributed by atoms with E-state index in [1.165, 1.54) is 4.90 Å². The smallest absolute Gasteiger partial charge is 0.260 e. The maximum Gasteiger partial charge on any atom is 0.260 e. The van der Waals surface area contributed by atoms with Crippen LogP contribution in [0.15, 0.2) is 42.5 Å². The zero-order chi connectivity index (χ0) is 19.4. The number of aryl methyl sites for hydroxylation is 1. The summed E-state index contributed by atoms with van der Waals surface area (Å²) in [5, 5.41) is 0.736. The quantitative estimate of drug-likeness (QED) is 0.681. The maximum absolute atomic E-state index is 13.3. The topological polar surface area (TPSA) is 46.9 Å². The Morgan fingerprint density at radius 1 is 1.22 bits per heavy atom. The van der Waals surface area contributed by atoms with Crippen LogP contribution < -0.4 is 14.5 Å². The van der Waals surface area contributed by atoms with E-state index < -0.39 is 0 Å². The summed E-state index contributed by atoms with van der Waals surface area (Å²) in [6.07, 6.45) is 0.916.